The summed E-state index contributed by atoms with van der Waals surface area (Å²) in [5.41, 5.74) is 13.2. The van der Waals surface area contributed by atoms with Crippen LogP contribution in [0.3, 0.4) is 0 Å². The molecule has 284 valence electrons. The van der Waals surface area contributed by atoms with E-state index in [9.17, 15) is 0 Å². The van der Waals surface area contributed by atoms with Gasteiger partial charge in [0.15, 0.2) is 0 Å². The van der Waals surface area contributed by atoms with E-state index < -0.39 is 0 Å². The summed E-state index contributed by atoms with van der Waals surface area (Å²) in [5.74, 6) is 3.25. The van der Waals surface area contributed by atoms with Crippen LogP contribution in [0.25, 0.3) is 79.8 Å². The number of benzene rings is 4. The van der Waals surface area contributed by atoms with Crippen molar-refractivity contribution in [3.05, 3.63) is 150 Å². The molecule has 57 heavy (non-hydrogen) atoms. The molecular weight excluding hydrogens is 755 g/mol. The SMILES string of the molecule is COc1cc[c]([Co])cc1.COc1ccc(-c2c3nc(c(-c4ccc(OC)cc4)c4ccc([nH]4)c(-c4ccc(OC)cc4)c4nc(cc5ccc2[nH]5)C=C4)C=C3)cc1. The first-order chi connectivity index (χ1) is 27.9. The molecule has 0 amide bonds. The van der Waals surface area contributed by atoms with E-state index in [2.05, 4.69) is 117 Å². The largest absolute Gasteiger partial charge is 0.497 e. The standard InChI is InChI=1S/C41H32N4O3.C7H7O.Co/c1-46-30-12-4-25(5-13-30)39-33-18-10-28(42-33)24-29-11-19-34(43-29)40(26-6-14-31(47-2)15-7-26)36-21-23-38(45-36)41(37-22-20-35(39)44-37)27-8-16-32(48-3)17-9-27;1-8-7-5-3-2-4-6-7;/h4-24,42,45H,1-3H3;3-6H,1H3;. The van der Waals surface area contributed by atoms with Gasteiger partial charge in [0.25, 0.3) is 0 Å². The second-order valence-electron chi connectivity index (χ2n) is 13.2. The van der Waals surface area contributed by atoms with Crippen LogP contribution in [0.2, 0.25) is 0 Å². The van der Waals surface area contributed by atoms with Gasteiger partial charge in [0.05, 0.1) is 44.1 Å². The topological polar surface area (TPSA) is 94.3 Å². The van der Waals surface area contributed by atoms with E-state index >= 15 is 0 Å². The van der Waals surface area contributed by atoms with Crippen LogP contribution in [0.5, 0.6) is 23.0 Å². The molecule has 0 spiro atoms. The molecule has 4 aromatic carbocycles. The summed E-state index contributed by atoms with van der Waals surface area (Å²) >= 11 is 4.16. The Hall–Kier alpha value is -6.81. The van der Waals surface area contributed by atoms with Gasteiger partial charge < -0.3 is 24.2 Å². The number of H-pyrrole nitrogens is 2. The summed E-state index contributed by atoms with van der Waals surface area (Å²) in [5, 5.41) is 0. The second kappa shape index (κ2) is 16.5. The Morgan fingerprint density at radius 1 is 0.404 bits per heavy atom. The van der Waals surface area contributed by atoms with Crippen molar-refractivity contribution in [1.82, 2.24) is 19.9 Å². The zero-order chi connectivity index (χ0) is 39.3. The van der Waals surface area contributed by atoms with Gasteiger partial charge in [-0.25, -0.2) is 9.97 Å². The summed E-state index contributed by atoms with van der Waals surface area (Å²) in [7, 11) is 6.68. The van der Waals surface area contributed by atoms with Crippen molar-refractivity contribution in [2.24, 2.45) is 0 Å². The molecule has 3 aromatic heterocycles. The third kappa shape index (κ3) is 7.97. The van der Waals surface area contributed by atoms with E-state index in [1.165, 1.54) is 0 Å². The van der Waals surface area contributed by atoms with E-state index in [0.29, 0.717) is 0 Å². The molecule has 9 rings (SSSR count). The number of fused-ring (bicyclic) bond motifs is 8. The summed E-state index contributed by atoms with van der Waals surface area (Å²) in [6, 6.07) is 42.3. The number of nitrogens with one attached hydrogen (secondary N) is 2. The maximum atomic E-state index is 5.49. The Balaban J connectivity index is 0.000000448. The van der Waals surface area contributed by atoms with Gasteiger partial charge in [0.1, 0.15) is 17.2 Å². The molecule has 5 heterocycles. The van der Waals surface area contributed by atoms with Crippen LogP contribution in [0, 0.1) is 0 Å². The van der Waals surface area contributed by atoms with Crippen LogP contribution in [0.1, 0.15) is 22.8 Å². The van der Waals surface area contributed by atoms with Crippen molar-refractivity contribution in [3.63, 3.8) is 0 Å². The summed E-state index contributed by atoms with van der Waals surface area (Å²) in [6.07, 6.45) is 8.30. The second-order valence-corrected chi connectivity index (χ2v) is 13.8. The number of nitrogens with zero attached hydrogens (tertiary/aromatic N) is 2. The number of ether oxygens (including phenoxy) is 4. The van der Waals surface area contributed by atoms with Gasteiger partial charge in [-0.05, 0) is 108 Å². The maximum Gasteiger partial charge on any atom is 0.118 e. The third-order valence-electron chi connectivity index (χ3n) is 9.75. The molecule has 9 heteroatoms. The van der Waals surface area contributed by atoms with Crippen LogP contribution in [-0.4, -0.2) is 48.4 Å². The molecule has 0 unspecified atom stereocenters. The quantitative estimate of drug-likeness (QED) is 0.167. The van der Waals surface area contributed by atoms with Gasteiger partial charge >= 0.3 is 62.1 Å². The van der Waals surface area contributed by atoms with Gasteiger partial charge in [0.2, 0.25) is 0 Å². The van der Waals surface area contributed by atoms with E-state index in [1.54, 1.807) is 28.4 Å². The molecule has 8 nitrogen and oxygen atoms in total. The van der Waals surface area contributed by atoms with Crippen molar-refractivity contribution >= 4 is 50.9 Å². The molecule has 0 atom stereocenters. The van der Waals surface area contributed by atoms with Crippen LogP contribution in [0.4, 0.5) is 0 Å². The molecule has 2 N–H and O–H groups in total. The molecule has 0 saturated heterocycles. The summed E-state index contributed by atoms with van der Waals surface area (Å²) in [6.45, 7) is 0. The fraction of sp³-hybridized carbons (Fsp3) is 0.0833. The predicted octanol–water partition coefficient (Wildman–Crippen LogP) is 10.5. The first-order valence-electron chi connectivity index (χ1n) is 18.3. The fourth-order valence-electron chi connectivity index (χ4n) is 6.89. The minimum atomic E-state index is 0.790. The molecule has 0 aliphatic carbocycles. The molecule has 2 aliphatic rings. The predicted molar refractivity (Wildman–Crippen MR) is 227 cm³/mol. The normalized spacial score (nSPS) is 11.5. The number of hydrogen-bond donors (Lipinski definition) is 2. The Morgan fingerprint density at radius 2 is 0.772 bits per heavy atom. The number of hydrogen-bond acceptors (Lipinski definition) is 6. The van der Waals surface area contributed by atoms with E-state index in [4.69, 9.17) is 28.9 Å². The van der Waals surface area contributed by atoms with Crippen molar-refractivity contribution < 1.29 is 34.7 Å². The number of aromatic nitrogens is 4. The van der Waals surface area contributed by atoms with Crippen LogP contribution in [-0.2, 0) is 15.7 Å². The van der Waals surface area contributed by atoms with E-state index in [-0.39, 0.29) is 0 Å². The Bertz CT molecular complexity index is 2720. The molecule has 0 fully saturated rings. The minimum Gasteiger partial charge on any atom is -0.497 e. The average molecular weight is 795 g/mol. The first kappa shape index (κ1) is 37.1. The van der Waals surface area contributed by atoms with Gasteiger partial charge in [-0.3, -0.25) is 0 Å². The molecule has 2 aliphatic heterocycles. The van der Waals surface area contributed by atoms with E-state index in [0.717, 1.165) is 106 Å². The molecule has 0 radical (unpaired) electrons. The number of methoxy groups -OCH3 is 4. The molecule has 8 bridgehead atoms. The van der Waals surface area contributed by atoms with Gasteiger partial charge in [-0.1, -0.05) is 36.4 Å². The van der Waals surface area contributed by atoms with Gasteiger partial charge in [-0.15, -0.1) is 0 Å². The van der Waals surface area contributed by atoms with Crippen molar-refractivity contribution in [2.75, 3.05) is 28.4 Å². The number of rotatable bonds is 7. The van der Waals surface area contributed by atoms with Crippen molar-refractivity contribution in [2.45, 2.75) is 0 Å². The maximum absolute atomic E-state index is 5.49. The zero-order valence-corrected chi connectivity index (χ0v) is 32.8. The van der Waals surface area contributed by atoms with Gasteiger partial charge in [-0.2, -0.15) is 0 Å². The van der Waals surface area contributed by atoms with Crippen molar-refractivity contribution in [1.29, 1.82) is 0 Å². The monoisotopic (exact) mass is 794 g/mol. The molecule has 0 saturated carbocycles. The smallest absolute Gasteiger partial charge is 0.118 e. The molecule has 7 aromatic rings. The van der Waals surface area contributed by atoms with Crippen LogP contribution >= 0.6 is 0 Å². The Labute approximate surface area is 339 Å². The average Bonchev–Trinajstić information content (AvgIpc) is 4.10. The first-order valence-corrected chi connectivity index (χ1v) is 18.8. The number of aromatic amines is 2. The fourth-order valence-corrected chi connectivity index (χ4v) is 7.06. The Morgan fingerprint density at radius 3 is 1.21 bits per heavy atom. The zero-order valence-electron chi connectivity index (χ0n) is 31.8. The molecular formula is C48H39CoN4O4. The summed E-state index contributed by atoms with van der Waals surface area (Å²) in [4.78, 5) is 17.8. The third-order valence-corrected chi connectivity index (χ3v) is 10.1. The van der Waals surface area contributed by atoms with E-state index in [1.807, 2.05) is 60.7 Å². The van der Waals surface area contributed by atoms with Crippen LogP contribution in [0.15, 0.2) is 127 Å². The van der Waals surface area contributed by atoms with Crippen LogP contribution < -0.4 is 23.4 Å². The summed E-state index contributed by atoms with van der Waals surface area (Å²) < 4.78 is 22.3. The van der Waals surface area contributed by atoms with Crippen molar-refractivity contribution in [3.8, 4) is 56.4 Å². The van der Waals surface area contributed by atoms with Gasteiger partial charge in [0, 0.05) is 38.8 Å². The Kier molecular flexibility index (Phi) is 10.7. The minimum absolute atomic E-state index is 0.790.